The minimum absolute atomic E-state index is 0.116. The van der Waals surface area contributed by atoms with Gasteiger partial charge in [-0.1, -0.05) is 31.0 Å². The number of hydrogen-bond donors (Lipinski definition) is 0. The second kappa shape index (κ2) is 7.91. The molecule has 2 fully saturated rings. The maximum absolute atomic E-state index is 13.5. The zero-order valence-corrected chi connectivity index (χ0v) is 16.6. The highest BCUT2D eigenvalue weighted by Gasteiger charge is 2.29. The summed E-state index contributed by atoms with van der Waals surface area (Å²) in [6.07, 6.45) is 8.86. The standard InChI is InChI=1S/C24H26N4O/c29-24(28-15-13-27(14-16-28)19-5-1-2-6-19)21-17-23(18-9-11-25-12-10-18)26-22-8-4-3-7-20(21)22/h3-4,7-12,17,19H,1-2,5-6,13-16H2. The molecule has 0 atom stereocenters. The SMILES string of the molecule is O=C(c1cc(-c2ccncc2)nc2ccccc12)N1CCN(C2CCCC2)CC1. The zero-order valence-electron chi connectivity index (χ0n) is 16.6. The Bertz CT molecular complexity index is 1010. The molecule has 2 aromatic heterocycles. The van der Waals surface area contributed by atoms with Crippen LogP contribution in [0.5, 0.6) is 0 Å². The quantitative estimate of drug-likeness (QED) is 0.683. The smallest absolute Gasteiger partial charge is 0.254 e. The summed E-state index contributed by atoms with van der Waals surface area (Å²) in [5, 5.41) is 0.925. The van der Waals surface area contributed by atoms with Gasteiger partial charge in [0.25, 0.3) is 5.91 Å². The number of amides is 1. The van der Waals surface area contributed by atoms with E-state index in [1.54, 1.807) is 12.4 Å². The topological polar surface area (TPSA) is 49.3 Å². The average Bonchev–Trinajstić information content (AvgIpc) is 3.34. The predicted octanol–water partition coefficient (Wildman–Crippen LogP) is 4.00. The molecule has 0 spiro atoms. The lowest BCUT2D eigenvalue weighted by molar-refractivity contribution is 0.0575. The van der Waals surface area contributed by atoms with Crippen molar-refractivity contribution in [1.29, 1.82) is 0 Å². The molecule has 1 amide bonds. The summed E-state index contributed by atoms with van der Waals surface area (Å²) in [7, 11) is 0. The molecular weight excluding hydrogens is 360 g/mol. The van der Waals surface area contributed by atoms with Gasteiger partial charge >= 0.3 is 0 Å². The number of piperazine rings is 1. The van der Waals surface area contributed by atoms with Crippen molar-refractivity contribution in [2.24, 2.45) is 0 Å². The summed E-state index contributed by atoms with van der Waals surface area (Å²) in [5.41, 5.74) is 3.40. The van der Waals surface area contributed by atoms with Crippen LogP contribution in [0.4, 0.5) is 0 Å². The first kappa shape index (κ1) is 18.3. The van der Waals surface area contributed by atoms with Gasteiger partial charge in [0.05, 0.1) is 16.8 Å². The molecular formula is C24H26N4O. The highest BCUT2D eigenvalue weighted by molar-refractivity contribution is 6.07. The molecule has 5 nitrogen and oxygen atoms in total. The molecule has 0 radical (unpaired) electrons. The highest BCUT2D eigenvalue weighted by Crippen LogP contribution is 2.27. The van der Waals surface area contributed by atoms with Gasteiger partial charge in [-0.2, -0.15) is 0 Å². The van der Waals surface area contributed by atoms with Crippen LogP contribution in [0.1, 0.15) is 36.0 Å². The Morgan fingerprint density at radius 3 is 2.41 bits per heavy atom. The Hall–Kier alpha value is -2.79. The summed E-state index contributed by atoms with van der Waals surface area (Å²) < 4.78 is 0. The Morgan fingerprint density at radius 1 is 0.931 bits per heavy atom. The highest BCUT2D eigenvalue weighted by atomic mass is 16.2. The van der Waals surface area contributed by atoms with Crippen LogP contribution < -0.4 is 0 Å². The van der Waals surface area contributed by atoms with E-state index in [4.69, 9.17) is 4.98 Å². The van der Waals surface area contributed by atoms with Gasteiger partial charge in [-0.25, -0.2) is 4.98 Å². The molecule has 5 rings (SSSR count). The van der Waals surface area contributed by atoms with E-state index < -0.39 is 0 Å². The molecule has 0 bridgehead atoms. The fourth-order valence-corrected chi connectivity index (χ4v) is 4.75. The number of carbonyl (C=O) groups is 1. The third kappa shape index (κ3) is 3.62. The van der Waals surface area contributed by atoms with Gasteiger partial charge in [-0.15, -0.1) is 0 Å². The summed E-state index contributed by atoms with van der Waals surface area (Å²) in [5.74, 6) is 0.116. The number of pyridine rings is 2. The lowest BCUT2D eigenvalue weighted by Gasteiger charge is -2.38. The molecule has 5 heteroatoms. The van der Waals surface area contributed by atoms with Gasteiger partial charge < -0.3 is 4.90 Å². The number of para-hydroxylation sites is 1. The number of nitrogens with zero attached hydrogens (tertiary/aromatic N) is 4. The first-order valence-electron chi connectivity index (χ1n) is 10.6. The number of carbonyl (C=O) groups excluding carboxylic acids is 1. The van der Waals surface area contributed by atoms with E-state index in [-0.39, 0.29) is 5.91 Å². The van der Waals surface area contributed by atoms with Crippen LogP contribution in [-0.2, 0) is 0 Å². The first-order chi connectivity index (χ1) is 14.3. The third-order valence-electron chi connectivity index (χ3n) is 6.37. The molecule has 2 aliphatic rings. The fourth-order valence-electron chi connectivity index (χ4n) is 4.75. The van der Waals surface area contributed by atoms with Crippen molar-refractivity contribution in [3.05, 3.63) is 60.4 Å². The maximum atomic E-state index is 13.5. The molecule has 1 aromatic carbocycles. The van der Waals surface area contributed by atoms with Gasteiger partial charge in [0, 0.05) is 55.6 Å². The summed E-state index contributed by atoms with van der Waals surface area (Å²) >= 11 is 0. The van der Waals surface area contributed by atoms with E-state index in [2.05, 4.69) is 9.88 Å². The Labute approximate surface area is 171 Å². The van der Waals surface area contributed by atoms with Crippen LogP contribution in [-0.4, -0.2) is 57.9 Å². The van der Waals surface area contributed by atoms with Gasteiger partial charge in [-0.3, -0.25) is 14.7 Å². The molecule has 1 aliphatic heterocycles. The number of rotatable bonds is 3. The molecule has 1 saturated carbocycles. The Kier molecular flexibility index (Phi) is 4.98. The van der Waals surface area contributed by atoms with E-state index >= 15 is 0 Å². The molecule has 1 saturated heterocycles. The lowest BCUT2D eigenvalue weighted by atomic mass is 10.0. The lowest BCUT2D eigenvalue weighted by Crippen LogP contribution is -2.51. The van der Waals surface area contributed by atoms with Crippen molar-refractivity contribution >= 4 is 16.8 Å². The van der Waals surface area contributed by atoms with E-state index in [1.807, 2.05) is 47.4 Å². The number of hydrogen-bond acceptors (Lipinski definition) is 4. The summed E-state index contributed by atoms with van der Waals surface area (Å²) in [6.45, 7) is 3.57. The molecule has 3 heterocycles. The molecule has 3 aromatic rings. The van der Waals surface area contributed by atoms with Crippen molar-refractivity contribution in [3.8, 4) is 11.3 Å². The van der Waals surface area contributed by atoms with E-state index in [9.17, 15) is 4.79 Å². The number of fused-ring (bicyclic) bond motifs is 1. The maximum Gasteiger partial charge on any atom is 0.254 e. The van der Waals surface area contributed by atoms with Crippen molar-refractivity contribution < 1.29 is 4.79 Å². The normalized spacial score (nSPS) is 18.4. The van der Waals surface area contributed by atoms with Crippen LogP contribution >= 0.6 is 0 Å². The van der Waals surface area contributed by atoms with Gasteiger partial charge in [-0.05, 0) is 37.1 Å². The monoisotopic (exact) mass is 386 g/mol. The second-order valence-corrected chi connectivity index (χ2v) is 8.07. The van der Waals surface area contributed by atoms with Crippen molar-refractivity contribution in [1.82, 2.24) is 19.8 Å². The van der Waals surface area contributed by atoms with Gasteiger partial charge in [0.1, 0.15) is 0 Å². The van der Waals surface area contributed by atoms with E-state index in [1.165, 1.54) is 25.7 Å². The van der Waals surface area contributed by atoms with E-state index in [0.717, 1.165) is 59.9 Å². The molecule has 29 heavy (non-hydrogen) atoms. The number of aromatic nitrogens is 2. The molecule has 148 valence electrons. The second-order valence-electron chi connectivity index (χ2n) is 8.07. The van der Waals surface area contributed by atoms with Gasteiger partial charge in [0.15, 0.2) is 0 Å². The van der Waals surface area contributed by atoms with E-state index in [0.29, 0.717) is 0 Å². The van der Waals surface area contributed by atoms with Crippen LogP contribution in [0.3, 0.4) is 0 Å². The summed E-state index contributed by atoms with van der Waals surface area (Å²) in [4.78, 5) is 27.0. The van der Waals surface area contributed by atoms with Crippen LogP contribution in [0.15, 0.2) is 54.9 Å². The number of benzene rings is 1. The molecule has 0 N–H and O–H groups in total. The third-order valence-corrected chi connectivity index (χ3v) is 6.37. The van der Waals surface area contributed by atoms with Gasteiger partial charge in [0.2, 0.25) is 0 Å². The Balaban J connectivity index is 1.44. The van der Waals surface area contributed by atoms with Crippen LogP contribution in [0, 0.1) is 0 Å². The minimum atomic E-state index is 0.116. The largest absolute Gasteiger partial charge is 0.336 e. The van der Waals surface area contributed by atoms with Crippen LogP contribution in [0.25, 0.3) is 22.2 Å². The average molecular weight is 386 g/mol. The fraction of sp³-hybridized carbons (Fsp3) is 0.375. The molecule has 1 aliphatic carbocycles. The molecule has 0 unspecified atom stereocenters. The van der Waals surface area contributed by atoms with Crippen molar-refractivity contribution in [2.45, 2.75) is 31.7 Å². The minimum Gasteiger partial charge on any atom is -0.336 e. The predicted molar refractivity (Wildman–Crippen MR) is 115 cm³/mol. The Morgan fingerprint density at radius 2 is 1.66 bits per heavy atom. The zero-order chi connectivity index (χ0) is 19.6. The van der Waals surface area contributed by atoms with Crippen LogP contribution in [0.2, 0.25) is 0 Å². The first-order valence-corrected chi connectivity index (χ1v) is 10.6. The summed E-state index contributed by atoms with van der Waals surface area (Å²) in [6, 6.07) is 14.5. The van der Waals surface area contributed by atoms with Crippen molar-refractivity contribution in [3.63, 3.8) is 0 Å². The van der Waals surface area contributed by atoms with Crippen molar-refractivity contribution in [2.75, 3.05) is 26.2 Å².